The van der Waals surface area contributed by atoms with Crippen LogP contribution in [0.2, 0.25) is 5.02 Å². The van der Waals surface area contributed by atoms with Gasteiger partial charge in [0.15, 0.2) is 6.10 Å². The molecule has 1 aliphatic heterocycles. The first-order valence-corrected chi connectivity index (χ1v) is 6.07. The van der Waals surface area contributed by atoms with Crippen LogP contribution in [-0.2, 0) is 4.79 Å². The Morgan fingerprint density at radius 2 is 2.28 bits per heavy atom. The molecule has 0 aromatic heterocycles. The predicted molar refractivity (Wildman–Crippen MR) is 68.7 cm³/mol. The minimum atomic E-state index is -0.549. The molecule has 0 N–H and O–H groups in total. The summed E-state index contributed by atoms with van der Waals surface area (Å²) in [6, 6.07) is 7.07. The molecule has 0 saturated carbocycles. The number of ether oxygens (including phenoxy) is 1. The van der Waals surface area contributed by atoms with E-state index in [2.05, 4.69) is 0 Å². The molecule has 2 rings (SSSR count). The van der Waals surface area contributed by atoms with Gasteiger partial charge >= 0.3 is 0 Å². The Morgan fingerprint density at radius 3 is 2.89 bits per heavy atom. The third-order valence-electron chi connectivity index (χ3n) is 2.81. The molecule has 0 spiro atoms. The zero-order valence-corrected chi connectivity index (χ0v) is 10.9. The van der Waals surface area contributed by atoms with Crippen LogP contribution in [-0.4, -0.2) is 18.6 Å². The Hall–Kier alpha value is -1.73. The van der Waals surface area contributed by atoms with Crippen molar-refractivity contribution in [3.8, 4) is 11.8 Å². The summed E-state index contributed by atoms with van der Waals surface area (Å²) in [7, 11) is 0. The third kappa shape index (κ3) is 2.14. The van der Waals surface area contributed by atoms with Crippen molar-refractivity contribution in [3.05, 3.63) is 23.2 Å². The lowest BCUT2D eigenvalue weighted by Crippen LogP contribution is -2.48. The van der Waals surface area contributed by atoms with Crippen molar-refractivity contribution in [2.45, 2.75) is 20.0 Å². The number of benzene rings is 1. The zero-order valence-electron chi connectivity index (χ0n) is 10.2. The number of rotatable bonds is 2. The highest BCUT2D eigenvalue weighted by molar-refractivity contribution is 6.31. The van der Waals surface area contributed by atoms with Gasteiger partial charge in [-0.15, -0.1) is 0 Å². The lowest BCUT2D eigenvalue weighted by Gasteiger charge is -2.34. The maximum atomic E-state index is 12.2. The number of carbonyl (C=O) groups excluding carboxylic acids is 1. The van der Waals surface area contributed by atoms with Crippen molar-refractivity contribution in [1.82, 2.24) is 0 Å². The van der Waals surface area contributed by atoms with E-state index >= 15 is 0 Å². The Bertz CT molecular complexity index is 522. The van der Waals surface area contributed by atoms with E-state index in [0.29, 0.717) is 16.5 Å². The Labute approximate surface area is 111 Å². The van der Waals surface area contributed by atoms with E-state index in [-0.39, 0.29) is 18.4 Å². The number of nitriles is 1. The van der Waals surface area contributed by atoms with E-state index in [1.165, 1.54) is 4.90 Å². The fraction of sp³-hybridized carbons (Fsp3) is 0.385. The highest BCUT2D eigenvalue weighted by Crippen LogP contribution is 2.37. The smallest absolute Gasteiger partial charge is 0.269 e. The van der Waals surface area contributed by atoms with Gasteiger partial charge in [-0.1, -0.05) is 25.4 Å². The van der Waals surface area contributed by atoms with Gasteiger partial charge in [-0.2, -0.15) is 5.26 Å². The van der Waals surface area contributed by atoms with Gasteiger partial charge in [0.25, 0.3) is 5.91 Å². The van der Waals surface area contributed by atoms with Crippen molar-refractivity contribution >= 4 is 23.2 Å². The molecule has 0 saturated heterocycles. The molecule has 1 aromatic carbocycles. The maximum absolute atomic E-state index is 12.2. The molecule has 94 valence electrons. The van der Waals surface area contributed by atoms with Crippen LogP contribution in [0.3, 0.4) is 0 Å². The average molecular weight is 265 g/mol. The number of amides is 1. The van der Waals surface area contributed by atoms with E-state index in [9.17, 15) is 4.79 Å². The first kappa shape index (κ1) is 12.7. The van der Waals surface area contributed by atoms with Crippen LogP contribution in [0.1, 0.15) is 13.8 Å². The van der Waals surface area contributed by atoms with Crippen molar-refractivity contribution in [2.75, 3.05) is 11.4 Å². The quantitative estimate of drug-likeness (QED) is 0.772. The van der Waals surface area contributed by atoms with Crippen LogP contribution in [0.15, 0.2) is 18.2 Å². The molecule has 0 fully saturated rings. The topological polar surface area (TPSA) is 53.3 Å². The van der Waals surface area contributed by atoms with Gasteiger partial charge < -0.3 is 4.74 Å². The van der Waals surface area contributed by atoms with Gasteiger partial charge in [-0.05, 0) is 24.1 Å². The summed E-state index contributed by atoms with van der Waals surface area (Å²) in [6.07, 6.45) is -0.549. The zero-order chi connectivity index (χ0) is 13.3. The second kappa shape index (κ2) is 4.87. The molecule has 1 amide bonds. The Balaban J connectivity index is 2.48. The second-order valence-electron chi connectivity index (χ2n) is 4.48. The number of carbonyl (C=O) groups is 1. The lowest BCUT2D eigenvalue weighted by atomic mass is 10.0. The fourth-order valence-electron chi connectivity index (χ4n) is 1.92. The van der Waals surface area contributed by atoms with Crippen LogP contribution in [0.5, 0.6) is 5.75 Å². The van der Waals surface area contributed by atoms with E-state index < -0.39 is 6.10 Å². The summed E-state index contributed by atoms with van der Waals surface area (Å²) in [4.78, 5) is 13.7. The Kier molecular flexibility index (Phi) is 3.44. The largest absolute Gasteiger partial charge is 0.478 e. The highest BCUT2D eigenvalue weighted by Gasteiger charge is 2.36. The number of hydrogen-bond donors (Lipinski definition) is 0. The van der Waals surface area contributed by atoms with Crippen molar-refractivity contribution < 1.29 is 9.53 Å². The van der Waals surface area contributed by atoms with Crippen LogP contribution < -0.4 is 9.64 Å². The van der Waals surface area contributed by atoms with Crippen LogP contribution in [0.25, 0.3) is 0 Å². The molecular formula is C13H13ClN2O2. The monoisotopic (exact) mass is 264 g/mol. The molecule has 1 atom stereocenters. The molecule has 4 nitrogen and oxygen atoms in total. The number of hydrogen-bond acceptors (Lipinski definition) is 3. The maximum Gasteiger partial charge on any atom is 0.269 e. The van der Waals surface area contributed by atoms with Crippen LogP contribution >= 0.6 is 11.6 Å². The molecule has 1 aromatic rings. The molecule has 1 aliphatic rings. The van der Waals surface area contributed by atoms with E-state index in [0.717, 1.165) is 0 Å². The van der Waals surface area contributed by atoms with Crippen molar-refractivity contribution in [1.29, 1.82) is 5.26 Å². The van der Waals surface area contributed by atoms with E-state index in [4.69, 9.17) is 21.6 Å². The van der Waals surface area contributed by atoms with Crippen LogP contribution in [0, 0.1) is 17.2 Å². The SMILES string of the molecule is CC(C)C1Oc2ccc(Cl)cc2N(CC#N)C1=O. The normalized spacial score (nSPS) is 18.3. The summed E-state index contributed by atoms with van der Waals surface area (Å²) in [6.45, 7) is 3.82. The minimum absolute atomic E-state index is 0.00123. The molecular weight excluding hydrogens is 252 g/mol. The highest BCUT2D eigenvalue weighted by atomic mass is 35.5. The van der Waals surface area contributed by atoms with Gasteiger partial charge in [-0.3, -0.25) is 9.69 Å². The fourth-order valence-corrected chi connectivity index (χ4v) is 2.08. The number of halogens is 1. The van der Waals surface area contributed by atoms with Crippen molar-refractivity contribution in [2.24, 2.45) is 5.92 Å². The van der Waals surface area contributed by atoms with E-state index in [1.807, 2.05) is 19.9 Å². The van der Waals surface area contributed by atoms with Crippen LogP contribution in [0.4, 0.5) is 5.69 Å². The number of nitrogens with zero attached hydrogens (tertiary/aromatic N) is 2. The number of fused-ring (bicyclic) bond motifs is 1. The van der Waals surface area contributed by atoms with Crippen molar-refractivity contribution in [3.63, 3.8) is 0 Å². The molecule has 0 radical (unpaired) electrons. The predicted octanol–water partition coefficient (Wildman–Crippen LogP) is 2.61. The summed E-state index contributed by atoms with van der Waals surface area (Å²) >= 11 is 5.91. The first-order valence-electron chi connectivity index (χ1n) is 5.69. The summed E-state index contributed by atoms with van der Waals surface area (Å²) < 4.78 is 5.68. The third-order valence-corrected chi connectivity index (χ3v) is 3.04. The van der Waals surface area contributed by atoms with Gasteiger partial charge in [-0.25, -0.2) is 0 Å². The first-order chi connectivity index (χ1) is 8.54. The summed E-state index contributed by atoms with van der Waals surface area (Å²) in [5, 5.41) is 9.35. The summed E-state index contributed by atoms with van der Waals surface area (Å²) in [5.74, 6) is 0.441. The Morgan fingerprint density at radius 1 is 1.56 bits per heavy atom. The van der Waals surface area contributed by atoms with Gasteiger partial charge in [0.05, 0.1) is 11.8 Å². The lowest BCUT2D eigenvalue weighted by molar-refractivity contribution is -0.128. The van der Waals surface area contributed by atoms with E-state index in [1.54, 1.807) is 18.2 Å². The van der Waals surface area contributed by atoms with Gasteiger partial charge in [0, 0.05) is 5.02 Å². The molecule has 1 heterocycles. The second-order valence-corrected chi connectivity index (χ2v) is 4.91. The molecule has 1 unspecified atom stereocenters. The molecule has 18 heavy (non-hydrogen) atoms. The standard InChI is InChI=1S/C13H13ClN2O2/c1-8(2)12-13(17)16(6-5-15)10-7-9(14)3-4-11(10)18-12/h3-4,7-8,12H,6H2,1-2H3. The van der Waals surface area contributed by atoms with Gasteiger partial charge in [0.2, 0.25) is 0 Å². The van der Waals surface area contributed by atoms with Gasteiger partial charge in [0.1, 0.15) is 12.3 Å². The minimum Gasteiger partial charge on any atom is -0.478 e. The molecule has 0 bridgehead atoms. The molecule has 0 aliphatic carbocycles. The molecule has 5 heteroatoms. The number of anilines is 1. The summed E-state index contributed by atoms with van der Waals surface area (Å²) in [5.41, 5.74) is 0.561. The average Bonchev–Trinajstić information content (AvgIpc) is 2.32.